The van der Waals surface area contributed by atoms with Crippen molar-refractivity contribution in [3.63, 3.8) is 0 Å². The number of hydrogen-bond donors (Lipinski definition) is 3. The molecule has 51 heavy (non-hydrogen) atoms. The van der Waals surface area contributed by atoms with Crippen LogP contribution in [0.5, 0.6) is 11.6 Å². The van der Waals surface area contributed by atoms with Gasteiger partial charge in [0.1, 0.15) is 16.8 Å². The Hall–Kier alpha value is -3.80. The minimum Gasteiger partial charge on any atom is -0.485 e. The summed E-state index contributed by atoms with van der Waals surface area (Å²) in [6.45, 7) is 7.47. The largest absolute Gasteiger partial charge is 0.485 e. The summed E-state index contributed by atoms with van der Waals surface area (Å²) in [5.41, 5.74) is 2.92. The molecule has 0 unspecified atom stereocenters. The number of hydrogen-bond acceptors (Lipinski definition) is 9. The van der Waals surface area contributed by atoms with Crippen molar-refractivity contribution in [1.82, 2.24) is 29.8 Å². The topological polar surface area (TPSA) is 115 Å². The van der Waals surface area contributed by atoms with E-state index in [1.165, 1.54) is 32.1 Å². The van der Waals surface area contributed by atoms with Gasteiger partial charge < -0.3 is 20.1 Å². The Bertz CT molecular complexity index is 1860. The van der Waals surface area contributed by atoms with Crippen LogP contribution in [0.3, 0.4) is 0 Å². The van der Waals surface area contributed by atoms with E-state index in [1.54, 1.807) is 23.0 Å². The first-order valence-electron chi connectivity index (χ1n) is 18.2. The number of benzene rings is 1. The Labute approximate surface area is 309 Å². The molecule has 268 valence electrons. The molecule has 4 fully saturated rings. The first-order valence-corrected chi connectivity index (χ1v) is 19.4. The smallest absolute Gasteiger partial charge is 0.264 e. The third kappa shape index (κ3) is 7.43. The van der Waals surface area contributed by atoms with Gasteiger partial charge >= 0.3 is 0 Å². The highest BCUT2D eigenvalue weighted by Gasteiger charge is 2.85. The van der Waals surface area contributed by atoms with Gasteiger partial charge in [-0.25, -0.2) is 14.6 Å². The third-order valence-electron chi connectivity index (χ3n) is 11.4. The first kappa shape index (κ1) is 34.3. The lowest BCUT2D eigenvalue weighted by Gasteiger charge is -2.17. The highest BCUT2D eigenvalue weighted by atomic mass is 35.5. The summed E-state index contributed by atoms with van der Waals surface area (Å²) in [5, 5.41) is 12.3. The number of halogens is 1. The molecule has 1 saturated heterocycles. The molecular formula is C39H46ClN7O3S. The minimum atomic E-state index is -0.371. The Morgan fingerprint density at radius 3 is 2.53 bits per heavy atom. The first-order chi connectivity index (χ1) is 24.7. The third-order valence-corrected chi connectivity index (χ3v) is 12.4. The van der Waals surface area contributed by atoms with E-state index in [9.17, 15) is 4.79 Å². The lowest BCUT2D eigenvalue weighted by Crippen LogP contribution is -2.31. The molecule has 3 N–H and O–H groups in total. The van der Waals surface area contributed by atoms with Crippen molar-refractivity contribution in [2.24, 2.45) is 22.7 Å². The van der Waals surface area contributed by atoms with Crippen molar-refractivity contribution in [2.45, 2.75) is 82.4 Å². The molecule has 1 amide bonds. The molecule has 12 heteroatoms. The van der Waals surface area contributed by atoms with Crippen LogP contribution in [-0.4, -0.2) is 50.9 Å². The zero-order valence-corrected chi connectivity index (χ0v) is 30.9. The van der Waals surface area contributed by atoms with Crippen LogP contribution >= 0.6 is 23.5 Å². The van der Waals surface area contributed by atoms with Crippen LogP contribution in [0.4, 0.5) is 5.82 Å². The predicted octanol–water partition coefficient (Wildman–Crippen LogP) is 7.87. The van der Waals surface area contributed by atoms with Gasteiger partial charge in [-0.1, -0.05) is 41.9 Å². The summed E-state index contributed by atoms with van der Waals surface area (Å²) >= 11 is 7.64. The molecule has 0 bridgehead atoms. The Balaban J connectivity index is 0.853. The molecule has 4 aromatic rings. The highest BCUT2D eigenvalue weighted by Crippen LogP contribution is 2.93. The molecule has 0 radical (unpaired) electrons. The monoisotopic (exact) mass is 727 g/mol. The van der Waals surface area contributed by atoms with Gasteiger partial charge in [-0.2, -0.15) is 0 Å². The van der Waals surface area contributed by atoms with Crippen LogP contribution in [0.15, 0.2) is 71.9 Å². The lowest BCUT2D eigenvalue weighted by atomic mass is 9.94. The van der Waals surface area contributed by atoms with Crippen LogP contribution < -0.4 is 24.8 Å². The maximum Gasteiger partial charge on any atom is 0.264 e. The van der Waals surface area contributed by atoms with Crippen LogP contribution in [0.1, 0.15) is 81.1 Å². The summed E-state index contributed by atoms with van der Waals surface area (Å²) in [5.74, 6) is 3.53. The standard InChI is InChI=1S/C39H46ClN7O3S/c1-37(2)23-27(24-42-37)9-6-20-41-35-29(50-25-26-7-4-3-5-8-26)11-13-33(44-35)51-46-36(48)28-10-12-31(43-34(28)40)47-21-14-32(45-47)49-22-15-30-38(16-17-38)39(30)18-19-39/h3-5,7-8,10-14,21,27,30,42H,6,9,15-20,22-25H2,1-2H3,(H,41,44)(H,46,48)/t27-/m0/s1. The quantitative estimate of drug-likeness (QED) is 0.0603. The normalized spacial score (nSPS) is 20.3. The second kappa shape index (κ2) is 14.0. The van der Waals surface area contributed by atoms with Crippen molar-refractivity contribution >= 4 is 35.3 Å². The number of nitrogens with zero attached hydrogens (tertiary/aromatic N) is 4. The highest BCUT2D eigenvalue weighted by molar-refractivity contribution is 7.97. The molecule has 1 atom stereocenters. The van der Waals surface area contributed by atoms with Gasteiger partial charge in [0.25, 0.3) is 5.91 Å². The van der Waals surface area contributed by atoms with E-state index < -0.39 is 0 Å². The van der Waals surface area contributed by atoms with E-state index in [-0.39, 0.29) is 22.2 Å². The maximum atomic E-state index is 13.2. The predicted molar refractivity (Wildman–Crippen MR) is 200 cm³/mol. The van der Waals surface area contributed by atoms with E-state index in [0.29, 0.717) is 58.3 Å². The fourth-order valence-electron chi connectivity index (χ4n) is 8.58. The fraction of sp³-hybridized carbons (Fsp3) is 0.487. The zero-order chi connectivity index (χ0) is 35.1. The Morgan fingerprint density at radius 2 is 1.80 bits per heavy atom. The van der Waals surface area contributed by atoms with Crippen LogP contribution in [0, 0.1) is 22.7 Å². The number of aromatic nitrogens is 4. The molecule has 2 spiro atoms. The maximum absolute atomic E-state index is 13.2. The molecule has 1 aliphatic heterocycles. The summed E-state index contributed by atoms with van der Waals surface area (Å²) in [7, 11) is 0. The Morgan fingerprint density at radius 1 is 1.00 bits per heavy atom. The summed E-state index contributed by atoms with van der Waals surface area (Å²) in [6, 6.07) is 19.0. The Kier molecular flexibility index (Phi) is 9.39. The second-order valence-electron chi connectivity index (χ2n) is 15.3. The molecule has 4 aliphatic rings. The SMILES string of the molecule is CC1(C)C[C@H](CCCNc2nc(SNC(=O)c3ccc(-n4ccc(OCCC5C6(CC6)C56CC6)n4)nc3Cl)ccc2OCc2ccccc2)CN1. The zero-order valence-electron chi connectivity index (χ0n) is 29.3. The van der Waals surface area contributed by atoms with E-state index in [4.69, 9.17) is 26.1 Å². The van der Waals surface area contributed by atoms with Crippen molar-refractivity contribution in [3.8, 4) is 17.4 Å². The number of amides is 1. The van der Waals surface area contributed by atoms with Gasteiger partial charge in [0, 0.05) is 36.3 Å². The number of nitrogens with one attached hydrogen (secondary N) is 3. The van der Waals surface area contributed by atoms with Gasteiger partial charge in [0.15, 0.2) is 17.4 Å². The summed E-state index contributed by atoms with van der Waals surface area (Å²) in [4.78, 5) is 22.4. The molecule has 3 aromatic heterocycles. The van der Waals surface area contributed by atoms with Crippen LogP contribution in [-0.2, 0) is 6.61 Å². The number of carbonyl (C=O) groups is 1. The minimum absolute atomic E-state index is 0.0857. The van der Waals surface area contributed by atoms with Gasteiger partial charge in [-0.15, -0.1) is 5.10 Å². The van der Waals surface area contributed by atoms with Crippen LogP contribution in [0.25, 0.3) is 5.82 Å². The van der Waals surface area contributed by atoms with Crippen molar-refractivity contribution < 1.29 is 14.3 Å². The second-order valence-corrected chi connectivity index (χ2v) is 16.5. The van der Waals surface area contributed by atoms with Gasteiger partial charge in [-0.05, 0) is 124 Å². The average molecular weight is 728 g/mol. The molecule has 3 saturated carbocycles. The molecule has 3 aliphatic carbocycles. The number of rotatable bonds is 16. The lowest BCUT2D eigenvalue weighted by molar-refractivity contribution is 0.0984. The molecule has 1 aromatic carbocycles. The van der Waals surface area contributed by atoms with E-state index in [0.717, 1.165) is 55.8 Å². The fourth-order valence-corrected chi connectivity index (χ4v) is 9.39. The number of ether oxygens (including phenoxy) is 2. The van der Waals surface area contributed by atoms with Gasteiger partial charge in [-0.3, -0.25) is 9.52 Å². The molecule has 8 rings (SSSR count). The number of fused-ring (bicyclic) bond motifs is 1. The molecule has 4 heterocycles. The van der Waals surface area contributed by atoms with E-state index in [1.807, 2.05) is 48.5 Å². The van der Waals surface area contributed by atoms with Crippen molar-refractivity contribution in [2.75, 3.05) is 25.0 Å². The number of pyridine rings is 2. The summed E-state index contributed by atoms with van der Waals surface area (Å²) in [6.07, 6.45) is 11.9. The number of carbonyl (C=O) groups excluding carboxylic acids is 1. The molecule has 10 nitrogen and oxygen atoms in total. The van der Waals surface area contributed by atoms with Gasteiger partial charge in [0.2, 0.25) is 5.88 Å². The summed E-state index contributed by atoms with van der Waals surface area (Å²) < 4.78 is 16.6. The van der Waals surface area contributed by atoms with E-state index in [2.05, 4.69) is 39.3 Å². The number of anilines is 1. The van der Waals surface area contributed by atoms with Crippen molar-refractivity contribution in [1.29, 1.82) is 0 Å². The molecular weight excluding hydrogens is 682 g/mol. The average Bonchev–Trinajstić information content (AvgIpc) is 4.08. The van der Waals surface area contributed by atoms with Crippen molar-refractivity contribution in [3.05, 3.63) is 83.1 Å². The van der Waals surface area contributed by atoms with Crippen LogP contribution in [0.2, 0.25) is 5.15 Å². The van der Waals surface area contributed by atoms with Gasteiger partial charge in [0.05, 0.1) is 12.2 Å². The van der Waals surface area contributed by atoms with E-state index >= 15 is 0 Å².